The van der Waals surface area contributed by atoms with E-state index in [1.807, 2.05) is 37.3 Å². The average molecular weight is 249 g/mol. The maximum atomic E-state index is 13.5. The van der Waals surface area contributed by atoms with Crippen molar-refractivity contribution in [2.24, 2.45) is 0 Å². The van der Waals surface area contributed by atoms with E-state index in [9.17, 15) is 4.39 Å². The summed E-state index contributed by atoms with van der Waals surface area (Å²) in [4.78, 5) is 0. The van der Waals surface area contributed by atoms with Crippen molar-refractivity contribution < 1.29 is 4.39 Å². The molecule has 0 saturated carbocycles. The highest BCUT2D eigenvalue weighted by molar-refractivity contribution is 6.21. The second kappa shape index (κ2) is 5.33. The first-order chi connectivity index (χ1) is 8.18. The summed E-state index contributed by atoms with van der Waals surface area (Å²) < 4.78 is 13.5. The van der Waals surface area contributed by atoms with Crippen LogP contribution in [0.5, 0.6) is 0 Å². The van der Waals surface area contributed by atoms with Crippen molar-refractivity contribution in [3.05, 3.63) is 71.0 Å². The average Bonchev–Trinajstić information content (AvgIpc) is 2.32. The largest absolute Gasteiger partial charge is 0.207 e. The predicted molar refractivity (Wildman–Crippen MR) is 69.9 cm³/mol. The van der Waals surface area contributed by atoms with Crippen LogP contribution in [0.25, 0.3) is 0 Å². The van der Waals surface area contributed by atoms with Crippen LogP contribution in [0.4, 0.5) is 4.39 Å². The molecule has 1 unspecified atom stereocenters. The summed E-state index contributed by atoms with van der Waals surface area (Å²) >= 11 is 6.35. The van der Waals surface area contributed by atoms with E-state index in [4.69, 9.17) is 11.6 Å². The molecule has 2 heteroatoms. The molecule has 0 amide bonds. The highest BCUT2D eigenvalue weighted by Crippen LogP contribution is 2.28. The Balaban J connectivity index is 2.20. The highest BCUT2D eigenvalue weighted by Gasteiger charge is 2.12. The van der Waals surface area contributed by atoms with Crippen molar-refractivity contribution in [3.8, 4) is 0 Å². The fraction of sp³-hybridized carbons (Fsp3) is 0.200. The Morgan fingerprint density at radius 1 is 1.06 bits per heavy atom. The summed E-state index contributed by atoms with van der Waals surface area (Å²) in [6.45, 7) is 2.02. The Bertz CT molecular complexity index is 508. The fourth-order valence-corrected chi connectivity index (χ4v) is 2.32. The van der Waals surface area contributed by atoms with E-state index in [2.05, 4.69) is 0 Å². The molecular formula is C15H14ClF. The minimum atomic E-state index is -0.188. The van der Waals surface area contributed by atoms with E-state index in [1.54, 1.807) is 12.1 Å². The van der Waals surface area contributed by atoms with Crippen LogP contribution in [-0.2, 0) is 6.42 Å². The predicted octanol–water partition coefficient (Wildman–Crippen LogP) is 4.66. The smallest absolute Gasteiger partial charge is 0.126 e. The van der Waals surface area contributed by atoms with Crippen molar-refractivity contribution in [2.45, 2.75) is 18.7 Å². The first-order valence-electron chi connectivity index (χ1n) is 5.61. The molecule has 0 nitrogen and oxygen atoms in total. The third-order valence-electron chi connectivity index (χ3n) is 2.88. The minimum absolute atomic E-state index is 0.187. The molecule has 0 heterocycles. The zero-order valence-electron chi connectivity index (χ0n) is 9.66. The Morgan fingerprint density at radius 3 is 2.41 bits per heavy atom. The van der Waals surface area contributed by atoms with Gasteiger partial charge in [0.1, 0.15) is 5.82 Å². The molecule has 0 aliphatic heterocycles. The van der Waals surface area contributed by atoms with Gasteiger partial charge < -0.3 is 0 Å². The topological polar surface area (TPSA) is 0 Å². The summed E-state index contributed by atoms with van der Waals surface area (Å²) in [6, 6.07) is 14.7. The van der Waals surface area contributed by atoms with Crippen molar-refractivity contribution in [1.82, 2.24) is 0 Å². The Hall–Kier alpha value is -1.34. The lowest BCUT2D eigenvalue weighted by atomic mass is 10.00. The second-order valence-electron chi connectivity index (χ2n) is 4.12. The molecule has 0 bridgehead atoms. The van der Waals surface area contributed by atoms with Gasteiger partial charge in [-0.25, -0.2) is 4.39 Å². The van der Waals surface area contributed by atoms with Gasteiger partial charge in [-0.15, -0.1) is 11.6 Å². The van der Waals surface area contributed by atoms with Gasteiger partial charge in [0.25, 0.3) is 0 Å². The first-order valence-corrected chi connectivity index (χ1v) is 6.05. The van der Waals surface area contributed by atoms with Gasteiger partial charge in [-0.05, 0) is 36.1 Å². The van der Waals surface area contributed by atoms with Crippen LogP contribution < -0.4 is 0 Å². The number of hydrogen-bond acceptors (Lipinski definition) is 0. The van der Waals surface area contributed by atoms with E-state index >= 15 is 0 Å². The molecule has 2 rings (SSSR count). The zero-order valence-corrected chi connectivity index (χ0v) is 10.4. The zero-order chi connectivity index (χ0) is 12.3. The lowest BCUT2D eigenvalue weighted by Crippen LogP contribution is -2.00. The molecule has 0 saturated heterocycles. The molecular weight excluding hydrogens is 235 g/mol. The molecule has 0 aromatic heterocycles. The second-order valence-corrected chi connectivity index (χ2v) is 4.65. The molecule has 2 aromatic carbocycles. The Morgan fingerprint density at radius 2 is 1.71 bits per heavy atom. The van der Waals surface area contributed by atoms with Crippen molar-refractivity contribution in [3.63, 3.8) is 0 Å². The number of alkyl halides is 1. The Labute approximate surface area is 106 Å². The van der Waals surface area contributed by atoms with Crippen LogP contribution in [0, 0.1) is 12.7 Å². The van der Waals surface area contributed by atoms with Crippen LogP contribution in [-0.4, -0.2) is 0 Å². The van der Waals surface area contributed by atoms with Crippen molar-refractivity contribution >= 4 is 11.6 Å². The lowest BCUT2D eigenvalue weighted by Gasteiger charge is -2.13. The van der Waals surface area contributed by atoms with Gasteiger partial charge in [-0.3, -0.25) is 0 Å². The molecule has 1 atom stereocenters. The lowest BCUT2D eigenvalue weighted by molar-refractivity contribution is 0.607. The summed E-state index contributed by atoms with van der Waals surface area (Å²) in [5.41, 5.74) is 2.87. The van der Waals surface area contributed by atoms with Crippen LogP contribution in [0.15, 0.2) is 48.5 Å². The molecule has 0 radical (unpaired) electrons. The third-order valence-corrected chi connectivity index (χ3v) is 3.27. The minimum Gasteiger partial charge on any atom is -0.207 e. The van der Waals surface area contributed by atoms with Gasteiger partial charge in [-0.2, -0.15) is 0 Å². The van der Waals surface area contributed by atoms with E-state index in [0.717, 1.165) is 11.1 Å². The first kappa shape index (κ1) is 12.1. The third kappa shape index (κ3) is 2.86. The van der Waals surface area contributed by atoms with Gasteiger partial charge in [0.15, 0.2) is 0 Å². The van der Waals surface area contributed by atoms with Crippen LogP contribution >= 0.6 is 11.6 Å². The maximum absolute atomic E-state index is 13.5. The van der Waals surface area contributed by atoms with Gasteiger partial charge in [0.05, 0.1) is 5.38 Å². The summed E-state index contributed by atoms with van der Waals surface area (Å²) in [7, 11) is 0. The molecule has 2 aromatic rings. The van der Waals surface area contributed by atoms with Gasteiger partial charge in [-0.1, -0.05) is 42.5 Å². The molecule has 88 valence electrons. The van der Waals surface area contributed by atoms with E-state index in [0.29, 0.717) is 12.0 Å². The van der Waals surface area contributed by atoms with E-state index < -0.39 is 0 Å². The van der Waals surface area contributed by atoms with Crippen LogP contribution in [0.1, 0.15) is 22.1 Å². The Kier molecular flexibility index (Phi) is 3.80. The number of hydrogen-bond donors (Lipinski definition) is 0. The molecule has 0 spiro atoms. The number of halogens is 2. The van der Waals surface area contributed by atoms with Gasteiger partial charge >= 0.3 is 0 Å². The molecule has 0 N–H and O–H groups in total. The molecule has 0 aliphatic rings. The van der Waals surface area contributed by atoms with Gasteiger partial charge in [0.2, 0.25) is 0 Å². The molecule has 0 aliphatic carbocycles. The van der Waals surface area contributed by atoms with Crippen molar-refractivity contribution in [2.75, 3.05) is 0 Å². The van der Waals surface area contributed by atoms with E-state index in [-0.39, 0.29) is 11.2 Å². The van der Waals surface area contributed by atoms with Crippen LogP contribution in [0.2, 0.25) is 0 Å². The fourth-order valence-electron chi connectivity index (χ4n) is 1.91. The van der Waals surface area contributed by atoms with E-state index in [1.165, 1.54) is 6.07 Å². The van der Waals surface area contributed by atoms with Gasteiger partial charge in [0, 0.05) is 0 Å². The summed E-state index contributed by atoms with van der Waals surface area (Å²) in [6.07, 6.45) is 0.513. The number of rotatable bonds is 3. The highest BCUT2D eigenvalue weighted by atomic mass is 35.5. The standard InChI is InChI=1S/C15H14ClF/c1-11-6-2-4-8-13(11)14(16)10-12-7-3-5-9-15(12)17/h2-9,14H,10H2,1H3. The summed E-state index contributed by atoms with van der Waals surface area (Å²) in [5, 5.41) is -0.187. The SMILES string of the molecule is Cc1ccccc1C(Cl)Cc1ccccc1F. The van der Waals surface area contributed by atoms with Crippen LogP contribution in [0.3, 0.4) is 0 Å². The molecule has 0 fully saturated rings. The normalized spacial score (nSPS) is 12.4. The number of benzene rings is 2. The monoisotopic (exact) mass is 248 g/mol. The maximum Gasteiger partial charge on any atom is 0.126 e. The summed E-state index contributed by atoms with van der Waals surface area (Å²) in [5.74, 6) is -0.188. The van der Waals surface area contributed by atoms with Crippen molar-refractivity contribution in [1.29, 1.82) is 0 Å². The molecule has 17 heavy (non-hydrogen) atoms. The quantitative estimate of drug-likeness (QED) is 0.694. The number of aryl methyl sites for hydroxylation is 1.